The van der Waals surface area contributed by atoms with Crippen LogP contribution in [0.4, 0.5) is 15.8 Å². The molecular formula is C20H24FN3O4S. The van der Waals surface area contributed by atoms with Gasteiger partial charge in [0, 0.05) is 24.5 Å². The van der Waals surface area contributed by atoms with Crippen LogP contribution in [0.1, 0.15) is 13.8 Å². The molecule has 156 valence electrons. The van der Waals surface area contributed by atoms with E-state index >= 15 is 0 Å². The monoisotopic (exact) mass is 421 g/mol. The molecule has 1 heterocycles. The normalized spacial score (nSPS) is 20.2. The van der Waals surface area contributed by atoms with Crippen LogP contribution in [0.5, 0.6) is 0 Å². The van der Waals surface area contributed by atoms with Gasteiger partial charge in [-0.2, -0.15) is 4.31 Å². The number of benzene rings is 2. The summed E-state index contributed by atoms with van der Waals surface area (Å²) in [6, 6.07) is 11.8. The summed E-state index contributed by atoms with van der Waals surface area (Å²) in [6.45, 7) is 4.24. The molecule has 0 radical (unpaired) electrons. The van der Waals surface area contributed by atoms with Gasteiger partial charge in [-0.15, -0.1) is 0 Å². The minimum Gasteiger partial charge on any atom is -0.376 e. The number of nitrogens with one attached hydrogen (secondary N) is 2. The lowest BCUT2D eigenvalue weighted by molar-refractivity contribution is -0.114. The van der Waals surface area contributed by atoms with E-state index in [2.05, 4.69) is 10.6 Å². The summed E-state index contributed by atoms with van der Waals surface area (Å²) in [5.41, 5.74) is 0.967. The first-order valence-corrected chi connectivity index (χ1v) is 10.7. The van der Waals surface area contributed by atoms with Crippen LogP contribution in [0, 0.1) is 5.82 Å². The Morgan fingerprint density at radius 1 is 1.10 bits per heavy atom. The largest absolute Gasteiger partial charge is 0.376 e. The fourth-order valence-corrected chi connectivity index (χ4v) is 4.76. The van der Waals surface area contributed by atoms with Crippen molar-refractivity contribution in [3.05, 3.63) is 54.3 Å². The summed E-state index contributed by atoms with van der Waals surface area (Å²) in [6.07, 6.45) is -0.338. The molecule has 2 aromatic carbocycles. The highest BCUT2D eigenvalue weighted by molar-refractivity contribution is 7.89. The molecule has 9 heteroatoms. The average molecular weight is 421 g/mol. The van der Waals surface area contributed by atoms with Crippen molar-refractivity contribution >= 4 is 27.3 Å². The number of sulfonamides is 1. The summed E-state index contributed by atoms with van der Waals surface area (Å²) in [7, 11) is -3.63. The van der Waals surface area contributed by atoms with Gasteiger partial charge in [-0.25, -0.2) is 12.8 Å². The quantitative estimate of drug-likeness (QED) is 0.749. The number of ether oxygens (including phenoxy) is 1. The minimum absolute atomic E-state index is 0.0486. The lowest BCUT2D eigenvalue weighted by atomic mass is 10.3. The lowest BCUT2D eigenvalue weighted by Crippen LogP contribution is -2.48. The molecule has 2 N–H and O–H groups in total. The van der Waals surface area contributed by atoms with Gasteiger partial charge in [-0.3, -0.25) is 4.79 Å². The predicted octanol–water partition coefficient (Wildman–Crippen LogP) is 2.67. The molecule has 1 saturated heterocycles. The van der Waals surface area contributed by atoms with E-state index in [-0.39, 0.29) is 29.6 Å². The first kappa shape index (κ1) is 21.2. The van der Waals surface area contributed by atoms with Gasteiger partial charge in [0.1, 0.15) is 5.82 Å². The van der Waals surface area contributed by atoms with E-state index in [1.807, 2.05) is 13.8 Å². The molecular weight excluding hydrogens is 397 g/mol. The Bertz CT molecular complexity index is 956. The van der Waals surface area contributed by atoms with E-state index in [1.165, 1.54) is 28.6 Å². The van der Waals surface area contributed by atoms with Crippen LogP contribution in [0.2, 0.25) is 0 Å². The minimum atomic E-state index is -3.63. The Labute approximate surface area is 169 Å². The third kappa shape index (κ3) is 5.53. The highest BCUT2D eigenvalue weighted by Crippen LogP contribution is 2.22. The molecule has 0 aliphatic carbocycles. The number of carbonyl (C=O) groups is 1. The van der Waals surface area contributed by atoms with Gasteiger partial charge in [0.05, 0.1) is 23.6 Å². The molecule has 1 aliphatic heterocycles. The maximum Gasteiger partial charge on any atom is 0.243 e. The molecule has 2 aromatic rings. The van der Waals surface area contributed by atoms with Crippen molar-refractivity contribution < 1.29 is 22.3 Å². The number of nitrogens with zero attached hydrogens (tertiary/aromatic N) is 1. The summed E-state index contributed by atoms with van der Waals surface area (Å²) in [5, 5.41) is 5.50. The van der Waals surface area contributed by atoms with Gasteiger partial charge in [-0.1, -0.05) is 6.07 Å². The van der Waals surface area contributed by atoms with Gasteiger partial charge in [0.2, 0.25) is 15.9 Å². The summed E-state index contributed by atoms with van der Waals surface area (Å²) < 4.78 is 45.8. The Hall–Kier alpha value is -2.49. The van der Waals surface area contributed by atoms with E-state index in [0.29, 0.717) is 24.5 Å². The summed E-state index contributed by atoms with van der Waals surface area (Å²) >= 11 is 0. The van der Waals surface area contributed by atoms with Crippen LogP contribution in [0.25, 0.3) is 0 Å². The van der Waals surface area contributed by atoms with Crippen molar-refractivity contribution in [3.8, 4) is 0 Å². The zero-order valence-corrected chi connectivity index (χ0v) is 17.1. The number of carbonyl (C=O) groups excluding carboxylic acids is 1. The van der Waals surface area contributed by atoms with Crippen LogP contribution < -0.4 is 10.6 Å². The number of halogens is 1. The molecule has 0 spiro atoms. The number of hydrogen-bond donors (Lipinski definition) is 2. The number of amides is 1. The Morgan fingerprint density at radius 2 is 1.76 bits per heavy atom. The Morgan fingerprint density at radius 3 is 2.38 bits per heavy atom. The van der Waals surface area contributed by atoms with Crippen molar-refractivity contribution in [2.45, 2.75) is 31.0 Å². The van der Waals surface area contributed by atoms with Gasteiger partial charge < -0.3 is 15.4 Å². The van der Waals surface area contributed by atoms with Crippen molar-refractivity contribution in [1.82, 2.24) is 4.31 Å². The van der Waals surface area contributed by atoms with Crippen LogP contribution >= 0.6 is 0 Å². The summed E-state index contributed by atoms with van der Waals surface area (Å²) in [5.74, 6) is -0.725. The lowest BCUT2D eigenvalue weighted by Gasteiger charge is -2.34. The molecule has 29 heavy (non-hydrogen) atoms. The zero-order chi connectivity index (χ0) is 21.0. The smallest absolute Gasteiger partial charge is 0.243 e. The van der Waals surface area contributed by atoms with Crippen molar-refractivity contribution in [1.29, 1.82) is 0 Å². The molecule has 1 fully saturated rings. The maximum absolute atomic E-state index is 13.1. The molecule has 7 nitrogen and oxygen atoms in total. The molecule has 1 aliphatic rings. The SMILES string of the molecule is CC1CN(S(=O)(=O)c2ccc(NC(=O)CNc3cccc(F)c3)cc2)CC(C)O1. The molecule has 0 bridgehead atoms. The highest BCUT2D eigenvalue weighted by Gasteiger charge is 2.32. The van der Waals surface area contributed by atoms with Crippen LogP contribution in [0.3, 0.4) is 0 Å². The van der Waals surface area contributed by atoms with E-state index in [0.717, 1.165) is 0 Å². The fourth-order valence-electron chi connectivity index (χ4n) is 3.17. The first-order chi connectivity index (χ1) is 13.7. The van der Waals surface area contributed by atoms with E-state index in [4.69, 9.17) is 4.74 Å². The molecule has 0 aromatic heterocycles. The topological polar surface area (TPSA) is 87.7 Å². The van der Waals surface area contributed by atoms with Crippen molar-refractivity contribution in [2.24, 2.45) is 0 Å². The van der Waals surface area contributed by atoms with Gasteiger partial charge >= 0.3 is 0 Å². The molecule has 2 atom stereocenters. The van der Waals surface area contributed by atoms with Crippen LogP contribution in [0.15, 0.2) is 53.4 Å². The first-order valence-electron chi connectivity index (χ1n) is 9.29. The third-order valence-electron chi connectivity index (χ3n) is 4.44. The van der Waals surface area contributed by atoms with E-state index < -0.39 is 15.8 Å². The zero-order valence-electron chi connectivity index (χ0n) is 16.3. The van der Waals surface area contributed by atoms with Crippen molar-refractivity contribution in [2.75, 3.05) is 30.3 Å². The van der Waals surface area contributed by atoms with Gasteiger partial charge in [0.25, 0.3) is 0 Å². The fraction of sp³-hybridized carbons (Fsp3) is 0.350. The number of hydrogen-bond acceptors (Lipinski definition) is 5. The Kier molecular flexibility index (Phi) is 6.51. The number of rotatable bonds is 6. The third-order valence-corrected chi connectivity index (χ3v) is 6.29. The average Bonchev–Trinajstić information content (AvgIpc) is 2.66. The van der Waals surface area contributed by atoms with Gasteiger partial charge in [-0.05, 0) is 56.3 Å². The standard InChI is InChI=1S/C20H24FN3O4S/c1-14-12-24(13-15(2)28-14)29(26,27)19-8-6-17(7-9-19)23-20(25)11-22-18-5-3-4-16(21)10-18/h3-10,14-15,22H,11-13H2,1-2H3,(H,23,25). The Balaban J connectivity index is 1.60. The van der Waals surface area contributed by atoms with Crippen LogP contribution in [-0.4, -0.2) is 50.5 Å². The predicted molar refractivity (Wildman–Crippen MR) is 109 cm³/mol. The molecule has 1 amide bonds. The van der Waals surface area contributed by atoms with Crippen molar-refractivity contribution in [3.63, 3.8) is 0 Å². The van der Waals surface area contributed by atoms with E-state index in [1.54, 1.807) is 24.3 Å². The molecule has 3 rings (SSSR count). The van der Waals surface area contributed by atoms with Crippen LogP contribution in [-0.2, 0) is 19.6 Å². The molecule has 0 saturated carbocycles. The van der Waals surface area contributed by atoms with E-state index in [9.17, 15) is 17.6 Å². The second-order valence-corrected chi connectivity index (χ2v) is 8.95. The second kappa shape index (κ2) is 8.89. The molecule has 2 unspecified atom stereocenters. The number of morpholine rings is 1. The van der Waals surface area contributed by atoms with Gasteiger partial charge in [0.15, 0.2) is 0 Å². The number of anilines is 2. The summed E-state index contributed by atoms with van der Waals surface area (Å²) in [4.78, 5) is 12.2. The highest BCUT2D eigenvalue weighted by atomic mass is 32.2. The second-order valence-electron chi connectivity index (χ2n) is 7.02. The maximum atomic E-state index is 13.1.